The van der Waals surface area contributed by atoms with Crippen molar-refractivity contribution in [2.45, 2.75) is 0 Å². The van der Waals surface area contributed by atoms with Gasteiger partial charge in [-0.3, -0.25) is 0 Å². The average molecular weight is 272 g/mol. The summed E-state index contributed by atoms with van der Waals surface area (Å²) in [6, 6.07) is 21.7. The van der Waals surface area contributed by atoms with E-state index in [1.54, 1.807) is 0 Å². The Kier molecular flexibility index (Phi) is 2.61. The van der Waals surface area contributed by atoms with Crippen LogP contribution in [0.1, 0.15) is 11.1 Å². The van der Waals surface area contributed by atoms with Crippen LogP contribution < -0.4 is 4.74 Å². The van der Waals surface area contributed by atoms with Crippen LogP contribution in [0, 0.1) is 0 Å². The largest absolute Gasteiger partial charge is 0.422 e. The van der Waals surface area contributed by atoms with Crippen LogP contribution in [-0.2, 0) is 4.79 Å². The van der Waals surface area contributed by atoms with E-state index in [9.17, 15) is 4.79 Å². The average Bonchev–Trinajstić information content (AvgIpc) is 2.84. The lowest BCUT2D eigenvalue weighted by atomic mass is 10.00. The fraction of sp³-hybridized carbons (Fsp3) is 0. The van der Waals surface area contributed by atoms with Gasteiger partial charge in [-0.15, -0.1) is 0 Å². The molecule has 1 heterocycles. The molecule has 0 atom stereocenters. The molecule has 0 N–H and O–H groups in total. The number of para-hydroxylation sites is 1. The standard InChI is InChI=1S/C19H12O2/c20-19-17(16-10-3-4-11-18(16)21-19)12-14-8-5-7-13-6-1-2-9-15(13)14/h1-12H/b17-12+. The van der Waals surface area contributed by atoms with Crippen molar-refractivity contribution >= 4 is 28.4 Å². The number of carbonyl (C=O) groups excluding carboxylic acids is 1. The Balaban J connectivity index is 1.93. The van der Waals surface area contributed by atoms with Crippen LogP contribution in [0.25, 0.3) is 22.4 Å². The lowest BCUT2D eigenvalue weighted by Gasteiger charge is -2.03. The highest BCUT2D eigenvalue weighted by molar-refractivity contribution is 6.26. The maximum Gasteiger partial charge on any atom is 0.344 e. The molecule has 2 nitrogen and oxygen atoms in total. The summed E-state index contributed by atoms with van der Waals surface area (Å²) in [4.78, 5) is 12.1. The number of esters is 1. The molecule has 0 saturated carbocycles. The molecule has 0 bridgehead atoms. The van der Waals surface area contributed by atoms with Crippen molar-refractivity contribution in [1.29, 1.82) is 0 Å². The minimum atomic E-state index is -0.288. The molecule has 2 heteroatoms. The molecule has 3 aromatic carbocycles. The van der Waals surface area contributed by atoms with Crippen molar-refractivity contribution in [1.82, 2.24) is 0 Å². The highest BCUT2D eigenvalue weighted by Crippen LogP contribution is 2.35. The fourth-order valence-corrected chi connectivity index (χ4v) is 2.71. The normalized spacial score (nSPS) is 15.2. The number of fused-ring (bicyclic) bond motifs is 2. The Morgan fingerprint density at radius 3 is 2.52 bits per heavy atom. The van der Waals surface area contributed by atoms with E-state index in [0.717, 1.165) is 21.9 Å². The van der Waals surface area contributed by atoms with Crippen LogP contribution in [0.2, 0.25) is 0 Å². The Morgan fingerprint density at radius 2 is 1.57 bits per heavy atom. The maximum atomic E-state index is 12.1. The number of rotatable bonds is 1. The third-order valence-electron chi connectivity index (χ3n) is 3.72. The van der Waals surface area contributed by atoms with Crippen molar-refractivity contribution in [3.63, 3.8) is 0 Å². The number of carbonyl (C=O) groups is 1. The van der Waals surface area contributed by atoms with Gasteiger partial charge < -0.3 is 4.74 Å². The molecule has 0 radical (unpaired) electrons. The van der Waals surface area contributed by atoms with Crippen molar-refractivity contribution < 1.29 is 9.53 Å². The second-order valence-corrected chi connectivity index (χ2v) is 5.01. The van der Waals surface area contributed by atoms with Crippen molar-refractivity contribution in [2.24, 2.45) is 0 Å². The molecule has 100 valence electrons. The third-order valence-corrected chi connectivity index (χ3v) is 3.72. The first-order chi connectivity index (χ1) is 10.3. The van der Waals surface area contributed by atoms with Gasteiger partial charge in [0, 0.05) is 5.56 Å². The molecule has 0 aliphatic carbocycles. The van der Waals surface area contributed by atoms with Gasteiger partial charge in [-0.05, 0) is 28.5 Å². The summed E-state index contributed by atoms with van der Waals surface area (Å²) in [6.45, 7) is 0. The van der Waals surface area contributed by atoms with E-state index in [0.29, 0.717) is 11.3 Å². The minimum absolute atomic E-state index is 0.288. The Labute approximate surface area is 122 Å². The zero-order valence-electron chi connectivity index (χ0n) is 11.2. The molecule has 1 aliphatic heterocycles. The first-order valence-corrected chi connectivity index (χ1v) is 6.84. The summed E-state index contributed by atoms with van der Waals surface area (Å²) in [6.07, 6.45) is 1.91. The zero-order chi connectivity index (χ0) is 14.2. The maximum absolute atomic E-state index is 12.1. The molecule has 1 aliphatic rings. The third kappa shape index (κ3) is 1.93. The molecule has 0 unspecified atom stereocenters. The molecule has 3 aromatic rings. The summed E-state index contributed by atoms with van der Waals surface area (Å²) < 4.78 is 5.30. The van der Waals surface area contributed by atoms with Gasteiger partial charge in [0.2, 0.25) is 0 Å². The predicted molar refractivity (Wildman–Crippen MR) is 83.9 cm³/mol. The van der Waals surface area contributed by atoms with Crippen LogP contribution in [0.4, 0.5) is 0 Å². The van der Waals surface area contributed by atoms with E-state index in [1.807, 2.05) is 54.6 Å². The summed E-state index contributed by atoms with van der Waals surface area (Å²) in [5.41, 5.74) is 2.49. The molecule has 21 heavy (non-hydrogen) atoms. The summed E-state index contributed by atoms with van der Waals surface area (Å²) in [5.74, 6) is 0.345. The fourth-order valence-electron chi connectivity index (χ4n) is 2.71. The second-order valence-electron chi connectivity index (χ2n) is 5.01. The minimum Gasteiger partial charge on any atom is -0.422 e. The van der Waals surface area contributed by atoms with Gasteiger partial charge in [-0.1, -0.05) is 60.7 Å². The predicted octanol–water partition coefficient (Wildman–Crippen LogP) is 4.30. The first-order valence-electron chi connectivity index (χ1n) is 6.84. The van der Waals surface area contributed by atoms with E-state index in [2.05, 4.69) is 18.2 Å². The van der Waals surface area contributed by atoms with Crippen LogP contribution in [0.5, 0.6) is 5.75 Å². The van der Waals surface area contributed by atoms with Crippen molar-refractivity contribution in [3.05, 3.63) is 77.9 Å². The SMILES string of the molecule is O=C1Oc2ccccc2/C1=C\c1cccc2ccccc12. The van der Waals surface area contributed by atoms with E-state index < -0.39 is 0 Å². The van der Waals surface area contributed by atoms with E-state index >= 15 is 0 Å². The van der Waals surface area contributed by atoms with Gasteiger partial charge >= 0.3 is 5.97 Å². The van der Waals surface area contributed by atoms with Crippen molar-refractivity contribution in [3.8, 4) is 5.75 Å². The number of hydrogen-bond acceptors (Lipinski definition) is 2. The Morgan fingerprint density at radius 1 is 0.810 bits per heavy atom. The molecule has 0 amide bonds. The molecular weight excluding hydrogens is 260 g/mol. The molecule has 0 fully saturated rings. The monoisotopic (exact) mass is 272 g/mol. The van der Waals surface area contributed by atoms with Crippen LogP contribution >= 0.6 is 0 Å². The van der Waals surface area contributed by atoms with Gasteiger partial charge in [-0.2, -0.15) is 0 Å². The Hall–Kier alpha value is -2.87. The summed E-state index contributed by atoms with van der Waals surface area (Å²) >= 11 is 0. The van der Waals surface area contributed by atoms with E-state index in [4.69, 9.17) is 4.74 Å². The van der Waals surface area contributed by atoms with Crippen LogP contribution in [0.15, 0.2) is 66.7 Å². The van der Waals surface area contributed by atoms with E-state index in [1.165, 1.54) is 0 Å². The Bertz CT molecular complexity index is 885. The first kappa shape index (κ1) is 11.9. The van der Waals surface area contributed by atoms with Crippen LogP contribution in [0.3, 0.4) is 0 Å². The number of hydrogen-bond donors (Lipinski definition) is 0. The zero-order valence-corrected chi connectivity index (χ0v) is 11.2. The molecule has 0 aromatic heterocycles. The molecule has 0 spiro atoms. The summed E-state index contributed by atoms with van der Waals surface area (Å²) in [5, 5.41) is 2.29. The van der Waals surface area contributed by atoms with E-state index in [-0.39, 0.29) is 5.97 Å². The van der Waals surface area contributed by atoms with Gasteiger partial charge in [0.15, 0.2) is 0 Å². The lowest BCUT2D eigenvalue weighted by Crippen LogP contribution is -2.00. The molecule has 4 rings (SSSR count). The van der Waals surface area contributed by atoms with Crippen molar-refractivity contribution in [2.75, 3.05) is 0 Å². The van der Waals surface area contributed by atoms with Crippen LogP contribution in [-0.4, -0.2) is 5.97 Å². The van der Waals surface area contributed by atoms with Gasteiger partial charge in [0.05, 0.1) is 5.57 Å². The highest BCUT2D eigenvalue weighted by atomic mass is 16.5. The smallest absolute Gasteiger partial charge is 0.344 e. The summed E-state index contributed by atoms with van der Waals surface area (Å²) in [7, 11) is 0. The number of benzene rings is 3. The van der Waals surface area contributed by atoms with Gasteiger partial charge in [0.25, 0.3) is 0 Å². The lowest BCUT2D eigenvalue weighted by molar-refractivity contribution is -0.126. The number of ether oxygens (including phenoxy) is 1. The second kappa shape index (κ2) is 4.60. The highest BCUT2D eigenvalue weighted by Gasteiger charge is 2.26. The quantitative estimate of drug-likeness (QED) is 0.375. The topological polar surface area (TPSA) is 26.3 Å². The molecule has 0 saturated heterocycles. The van der Waals surface area contributed by atoms with Gasteiger partial charge in [-0.25, -0.2) is 4.79 Å². The van der Waals surface area contributed by atoms with Gasteiger partial charge in [0.1, 0.15) is 5.75 Å². The molecular formula is C19H12O2.